The van der Waals surface area contributed by atoms with Crippen molar-refractivity contribution in [3.63, 3.8) is 0 Å². The molecule has 0 aliphatic heterocycles. The molecule has 0 aliphatic rings. The molecule has 0 saturated heterocycles. The van der Waals surface area contributed by atoms with Gasteiger partial charge in [0.25, 0.3) is 10.0 Å². The molecule has 4 nitrogen and oxygen atoms in total. The molecule has 2 heterocycles. The fourth-order valence-electron chi connectivity index (χ4n) is 1.82. The van der Waals surface area contributed by atoms with Crippen molar-refractivity contribution in [2.75, 3.05) is 14.1 Å². The van der Waals surface area contributed by atoms with E-state index < -0.39 is 10.0 Å². The van der Waals surface area contributed by atoms with Crippen LogP contribution in [0.5, 0.6) is 0 Å². The molecule has 1 unspecified atom stereocenters. The summed E-state index contributed by atoms with van der Waals surface area (Å²) in [5.74, 6) is 0. The van der Waals surface area contributed by atoms with Crippen molar-refractivity contribution in [3.05, 3.63) is 39.4 Å². The van der Waals surface area contributed by atoms with Gasteiger partial charge in [-0.1, -0.05) is 6.07 Å². The molecule has 0 saturated carbocycles. The fourth-order valence-corrected chi connectivity index (χ4v) is 5.61. The van der Waals surface area contributed by atoms with Crippen LogP contribution in [0.4, 0.5) is 0 Å². The Morgan fingerprint density at radius 3 is 2.70 bits per heavy atom. The van der Waals surface area contributed by atoms with Gasteiger partial charge in [0, 0.05) is 23.3 Å². The standard InChI is InChI=1S/C13H18N2O2S3/c1-10(12-5-4-8-18-12)15(3)20(16,17)13-7-6-11(19-13)9-14-2/h4-8,10,14H,9H2,1-3H3. The van der Waals surface area contributed by atoms with E-state index in [2.05, 4.69) is 5.32 Å². The van der Waals surface area contributed by atoms with Crippen molar-refractivity contribution < 1.29 is 8.42 Å². The minimum Gasteiger partial charge on any atom is -0.315 e. The summed E-state index contributed by atoms with van der Waals surface area (Å²) in [6.07, 6.45) is 0. The fraction of sp³-hybridized carbons (Fsp3) is 0.385. The second kappa shape index (κ2) is 6.36. The van der Waals surface area contributed by atoms with Crippen LogP contribution in [0.3, 0.4) is 0 Å². The van der Waals surface area contributed by atoms with Gasteiger partial charge in [-0.05, 0) is 37.6 Å². The van der Waals surface area contributed by atoms with Gasteiger partial charge in [-0.3, -0.25) is 0 Å². The van der Waals surface area contributed by atoms with Gasteiger partial charge in [-0.2, -0.15) is 4.31 Å². The first-order valence-corrected chi connectivity index (χ1v) is 9.35. The molecule has 2 aromatic rings. The third-order valence-corrected chi connectivity index (χ3v) is 7.65. The molecule has 0 aliphatic carbocycles. The molecule has 2 aromatic heterocycles. The second-order valence-electron chi connectivity index (χ2n) is 4.46. The van der Waals surface area contributed by atoms with Crippen LogP contribution in [0.25, 0.3) is 0 Å². The molecular weight excluding hydrogens is 312 g/mol. The number of nitrogens with zero attached hydrogens (tertiary/aromatic N) is 1. The minimum atomic E-state index is -3.43. The first kappa shape index (κ1) is 15.7. The van der Waals surface area contributed by atoms with Gasteiger partial charge < -0.3 is 5.32 Å². The Balaban J connectivity index is 2.24. The van der Waals surface area contributed by atoms with E-state index >= 15 is 0 Å². The molecule has 1 N–H and O–H groups in total. The van der Waals surface area contributed by atoms with E-state index in [9.17, 15) is 8.42 Å². The molecule has 0 aromatic carbocycles. The summed E-state index contributed by atoms with van der Waals surface area (Å²) < 4.78 is 27.0. The molecule has 0 amide bonds. The van der Waals surface area contributed by atoms with Gasteiger partial charge in [0.05, 0.1) is 6.04 Å². The number of nitrogens with one attached hydrogen (secondary N) is 1. The average molecular weight is 330 g/mol. The average Bonchev–Trinajstić information content (AvgIpc) is 3.08. The van der Waals surface area contributed by atoms with E-state index in [0.29, 0.717) is 10.8 Å². The summed E-state index contributed by atoms with van der Waals surface area (Å²) in [5.41, 5.74) is 0. The lowest BCUT2D eigenvalue weighted by Gasteiger charge is -2.22. The lowest BCUT2D eigenvalue weighted by Crippen LogP contribution is -2.28. The van der Waals surface area contributed by atoms with Crippen molar-refractivity contribution >= 4 is 32.7 Å². The molecule has 20 heavy (non-hydrogen) atoms. The maximum Gasteiger partial charge on any atom is 0.252 e. The van der Waals surface area contributed by atoms with E-state index in [1.54, 1.807) is 24.5 Å². The summed E-state index contributed by atoms with van der Waals surface area (Å²) in [6.45, 7) is 2.59. The Bertz CT molecular complexity index is 647. The number of hydrogen-bond acceptors (Lipinski definition) is 5. The summed E-state index contributed by atoms with van der Waals surface area (Å²) >= 11 is 2.89. The molecule has 0 bridgehead atoms. The van der Waals surface area contributed by atoms with Crippen LogP contribution >= 0.6 is 22.7 Å². The van der Waals surface area contributed by atoms with Crippen LogP contribution in [-0.2, 0) is 16.6 Å². The van der Waals surface area contributed by atoms with Crippen LogP contribution in [-0.4, -0.2) is 26.8 Å². The zero-order valence-electron chi connectivity index (χ0n) is 11.7. The Morgan fingerprint density at radius 1 is 1.35 bits per heavy atom. The van der Waals surface area contributed by atoms with Crippen molar-refractivity contribution in [1.82, 2.24) is 9.62 Å². The van der Waals surface area contributed by atoms with Gasteiger partial charge in [-0.25, -0.2) is 8.42 Å². The minimum absolute atomic E-state index is 0.158. The molecule has 0 spiro atoms. The topological polar surface area (TPSA) is 49.4 Å². The molecule has 1 atom stereocenters. The van der Waals surface area contributed by atoms with Gasteiger partial charge in [0.1, 0.15) is 4.21 Å². The Labute approximate surface area is 128 Å². The van der Waals surface area contributed by atoms with Crippen LogP contribution in [0, 0.1) is 0 Å². The van der Waals surface area contributed by atoms with Gasteiger partial charge in [0.15, 0.2) is 0 Å². The first-order valence-electron chi connectivity index (χ1n) is 6.21. The molecule has 2 rings (SSSR count). The molecule has 0 fully saturated rings. The van der Waals surface area contributed by atoms with Crippen molar-refractivity contribution in [2.45, 2.75) is 23.7 Å². The predicted molar refractivity (Wildman–Crippen MR) is 84.8 cm³/mol. The first-order chi connectivity index (χ1) is 9.46. The monoisotopic (exact) mass is 330 g/mol. The van der Waals surface area contributed by atoms with E-state index in [1.165, 1.54) is 15.6 Å². The van der Waals surface area contributed by atoms with Crippen LogP contribution in [0.2, 0.25) is 0 Å². The second-order valence-corrected chi connectivity index (χ2v) is 8.84. The zero-order valence-corrected chi connectivity index (χ0v) is 14.1. The SMILES string of the molecule is CNCc1ccc(S(=O)(=O)N(C)C(C)c2cccs2)s1. The summed E-state index contributed by atoms with van der Waals surface area (Å²) in [6, 6.07) is 7.28. The van der Waals surface area contributed by atoms with E-state index in [-0.39, 0.29) is 6.04 Å². The third-order valence-electron chi connectivity index (χ3n) is 3.12. The Hall–Kier alpha value is -0.730. The van der Waals surface area contributed by atoms with Crippen LogP contribution in [0.1, 0.15) is 22.7 Å². The third kappa shape index (κ3) is 3.12. The van der Waals surface area contributed by atoms with E-state index in [1.807, 2.05) is 37.6 Å². The Morgan fingerprint density at radius 2 is 2.10 bits per heavy atom. The number of rotatable bonds is 6. The highest BCUT2D eigenvalue weighted by Gasteiger charge is 2.28. The quantitative estimate of drug-likeness (QED) is 0.886. The van der Waals surface area contributed by atoms with Crippen LogP contribution in [0.15, 0.2) is 33.9 Å². The van der Waals surface area contributed by atoms with Crippen LogP contribution < -0.4 is 5.32 Å². The number of hydrogen-bond donors (Lipinski definition) is 1. The summed E-state index contributed by atoms with van der Waals surface area (Å²) in [5, 5.41) is 4.99. The molecular formula is C13H18N2O2S3. The molecule has 0 radical (unpaired) electrons. The van der Waals surface area contributed by atoms with Gasteiger partial charge in [-0.15, -0.1) is 22.7 Å². The van der Waals surface area contributed by atoms with Gasteiger partial charge >= 0.3 is 0 Å². The lowest BCUT2D eigenvalue weighted by atomic mass is 10.3. The Kier molecular flexibility index (Phi) is 4.98. The highest BCUT2D eigenvalue weighted by molar-refractivity contribution is 7.91. The smallest absolute Gasteiger partial charge is 0.252 e. The highest BCUT2D eigenvalue weighted by Crippen LogP contribution is 2.31. The van der Waals surface area contributed by atoms with E-state index in [4.69, 9.17) is 0 Å². The van der Waals surface area contributed by atoms with E-state index in [0.717, 1.165) is 9.75 Å². The summed E-state index contributed by atoms with van der Waals surface area (Å²) in [4.78, 5) is 2.06. The lowest BCUT2D eigenvalue weighted by molar-refractivity contribution is 0.404. The largest absolute Gasteiger partial charge is 0.315 e. The molecule has 7 heteroatoms. The summed E-state index contributed by atoms with van der Waals surface area (Å²) in [7, 11) is 0.0512. The van der Waals surface area contributed by atoms with Gasteiger partial charge in [0.2, 0.25) is 0 Å². The maximum absolute atomic E-state index is 12.6. The maximum atomic E-state index is 12.6. The molecule has 110 valence electrons. The van der Waals surface area contributed by atoms with Crippen molar-refractivity contribution in [1.29, 1.82) is 0 Å². The normalized spacial score (nSPS) is 13.8. The highest BCUT2D eigenvalue weighted by atomic mass is 32.2. The van der Waals surface area contributed by atoms with Crippen molar-refractivity contribution in [3.8, 4) is 0 Å². The number of thiophene rings is 2. The van der Waals surface area contributed by atoms with Crippen molar-refractivity contribution in [2.24, 2.45) is 0 Å². The zero-order chi connectivity index (χ0) is 14.8. The number of sulfonamides is 1. The predicted octanol–water partition coefficient (Wildman–Crippen LogP) is 2.91.